The van der Waals surface area contributed by atoms with Gasteiger partial charge in [-0.15, -0.1) is 0 Å². The molecule has 0 aliphatic rings. The predicted molar refractivity (Wildman–Crippen MR) is 84.3 cm³/mol. The van der Waals surface area contributed by atoms with Crippen molar-refractivity contribution >= 4 is 29.2 Å². The monoisotopic (exact) mass is 335 g/mol. The number of halogens is 1. The van der Waals surface area contributed by atoms with Gasteiger partial charge in [0.25, 0.3) is 0 Å². The quantitative estimate of drug-likeness (QED) is 0.666. The van der Waals surface area contributed by atoms with E-state index in [2.05, 4.69) is 19.9 Å². The number of nitrogens with zero attached hydrogens (tertiary/aromatic N) is 2. The number of methoxy groups -OCH3 is 2. The molecule has 120 valence electrons. The van der Waals surface area contributed by atoms with Crippen LogP contribution in [0, 0.1) is 0 Å². The van der Waals surface area contributed by atoms with Crippen molar-refractivity contribution in [2.45, 2.75) is 0 Å². The fourth-order valence-corrected chi connectivity index (χ4v) is 1.93. The van der Waals surface area contributed by atoms with Crippen molar-refractivity contribution in [1.29, 1.82) is 0 Å². The molecule has 0 aliphatic heterocycles. The van der Waals surface area contributed by atoms with Crippen molar-refractivity contribution in [2.75, 3.05) is 19.5 Å². The minimum atomic E-state index is -0.705. The number of carbonyl (C=O) groups is 2. The number of benzene rings is 1. The van der Waals surface area contributed by atoms with E-state index in [0.717, 1.165) is 6.08 Å². The number of esters is 2. The summed E-state index contributed by atoms with van der Waals surface area (Å²) in [4.78, 5) is 23.2. The van der Waals surface area contributed by atoms with Gasteiger partial charge in [-0.05, 0) is 12.1 Å². The topological polar surface area (TPSA) is 82.5 Å². The molecule has 0 unspecified atom stereocenters. The molecule has 0 saturated carbocycles. The molecule has 2 aromatic rings. The number of hydrogen-bond donors (Lipinski definition) is 1. The second-order valence-electron chi connectivity index (χ2n) is 4.32. The van der Waals surface area contributed by atoms with Gasteiger partial charge in [0.1, 0.15) is 5.70 Å². The standard InChI is InChI=1S/C15H14ClN3O4/c1-22-14(20)7-12(15(21)23-2)18-11-5-3-4-6-13(11)19-9-10(16)8-17-19/h3-9,18H,1-2H3/b12-7+. The third kappa shape index (κ3) is 4.10. The van der Waals surface area contributed by atoms with Crippen molar-refractivity contribution in [1.82, 2.24) is 9.78 Å². The van der Waals surface area contributed by atoms with E-state index < -0.39 is 11.9 Å². The summed E-state index contributed by atoms with van der Waals surface area (Å²) in [5.41, 5.74) is 1.11. The minimum Gasteiger partial charge on any atom is -0.466 e. The third-order valence-electron chi connectivity index (χ3n) is 2.84. The average molecular weight is 336 g/mol. The van der Waals surface area contributed by atoms with Crippen LogP contribution in [0.25, 0.3) is 5.69 Å². The maximum Gasteiger partial charge on any atom is 0.354 e. The lowest BCUT2D eigenvalue weighted by Gasteiger charge is -2.13. The Bertz CT molecular complexity index is 755. The number of nitrogens with one attached hydrogen (secondary N) is 1. The number of rotatable bonds is 5. The normalized spacial score (nSPS) is 11.0. The molecule has 1 aromatic carbocycles. The molecule has 0 saturated heterocycles. The van der Waals surface area contributed by atoms with Crippen LogP contribution < -0.4 is 5.32 Å². The van der Waals surface area contributed by atoms with Crippen LogP contribution in [0.3, 0.4) is 0 Å². The number of aromatic nitrogens is 2. The summed E-state index contributed by atoms with van der Waals surface area (Å²) in [5, 5.41) is 7.44. The molecule has 0 amide bonds. The minimum absolute atomic E-state index is 0.0648. The maximum atomic E-state index is 11.8. The molecule has 8 heteroatoms. The summed E-state index contributed by atoms with van der Waals surface area (Å²) < 4.78 is 10.7. The predicted octanol–water partition coefficient (Wildman–Crippen LogP) is 2.17. The molecular weight excluding hydrogens is 322 g/mol. The van der Waals surface area contributed by atoms with Gasteiger partial charge in [-0.2, -0.15) is 5.10 Å². The summed E-state index contributed by atoms with van der Waals surface area (Å²) >= 11 is 5.88. The van der Waals surface area contributed by atoms with Crippen molar-refractivity contribution in [3.8, 4) is 5.69 Å². The van der Waals surface area contributed by atoms with Gasteiger partial charge < -0.3 is 14.8 Å². The Morgan fingerprint density at radius 1 is 1.26 bits per heavy atom. The first-order chi connectivity index (χ1) is 11.0. The summed E-state index contributed by atoms with van der Waals surface area (Å²) in [6.45, 7) is 0. The molecule has 1 aromatic heterocycles. The Kier molecular flexibility index (Phi) is 5.37. The number of carbonyl (C=O) groups excluding carboxylic acids is 2. The molecule has 0 fully saturated rings. The third-order valence-corrected chi connectivity index (χ3v) is 3.04. The fraction of sp³-hybridized carbons (Fsp3) is 0.133. The lowest BCUT2D eigenvalue weighted by atomic mass is 10.2. The highest BCUT2D eigenvalue weighted by Crippen LogP contribution is 2.22. The lowest BCUT2D eigenvalue weighted by molar-refractivity contribution is -0.138. The van der Waals surface area contributed by atoms with E-state index in [0.29, 0.717) is 16.4 Å². The van der Waals surface area contributed by atoms with Crippen molar-refractivity contribution < 1.29 is 19.1 Å². The van der Waals surface area contributed by atoms with Gasteiger partial charge in [0.2, 0.25) is 0 Å². The first kappa shape index (κ1) is 16.6. The van der Waals surface area contributed by atoms with Gasteiger partial charge >= 0.3 is 11.9 Å². The van der Waals surface area contributed by atoms with Crippen LogP contribution in [-0.4, -0.2) is 35.9 Å². The lowest BCUT2D eigenvalue weighted by Crippen LogP contribution is -2.16. The number of hydrogen-bond acceptors (Lipinski definition) is 6. The maximum absolute atomic E-state index is 11.8. The highest BCUT2D eigenvalue weighted by atomic mass is 35.5. The Labute approximate surface area is 137 Å². The molecule has 0 aliphatic carbocycles. The van der Waals surface area contributed by atoms with Crippen LogP contribution in [0.2, 0.25) is 5.02 Å². The van der Waals surface area contributed by atoms with Crippen molar-refractivity contribution in [3.63, 3.8) is 0 Å². The van der Waals surface area contributed by atoms with E-state index in [9.17, 15) is 9.59 Å². The molecule has 2 rings (SSSR count). The molecule has 0 atom stereocenters. The summed E-state index contributed by atoms with van der Waals surface area (Å²) in [5.74, 6) is -1.39. The smallest absolute Gasteiger partial charge is 0.354 e. The SMILES string of the molecule is COC(=O)/C=C(/Nc1ccccc1-n1cc(Cl)cn1)C(=O)OC. The Morgan fingerprint density at radius 3 is 2.61 bits per heavy atom. The molecule has 0 bridgehead atoms. The zero-order valence-corrected chi connectivity index (χ0v) is 13.2. The summed E-state index contributed by atoms with van der Waals surface area (Å²) in [7, 11) is 2.43. The highest BCUT2D eigenvalue weighted by molar-refractivity contribution is 6.30. The first-order valence-corrected chi connectivity index (χ1v) is 6.87. The number of ether oxygens (including phenoxy) is 2. The molecular formula is C15H14ClN3O4. The van der Waals surface area contributed by atoms with Gasteiger partial charge in [-0.1, -0.05) is 23.7 Å². The molecule has 1 N–H and O–H groups in total. The van der Waals surface area contributed by atoms with Gasteiger partial charge in [-0.3, -0.25) is 0 Å². The number of anilines is 1. The summed E-state index contributed by atoms with van der Waals surface area (Å²) in [6, 6.07) is 7.07. The molecule has 7 nitrogen and oxygen atoms in total. The molecule has 23 heavy (non-hydrogen) atoms. The Balaban J connectivity index is 2.39. The molecule has 0 spiro atoms. The fourth-order valence-electron chi connectivity index (χ4n) is 1.79. The van der Waals surface area contributed by atoms with E-state index >= 15 is 0 Å². The van der Waals surface area contributed by atoms with E-state index in [1.54, 1.807) is 30.5 Å². The van der Waals surface area contributed by atoms with Crippen LogP contribution in [0.1, 0.15) is 0 Å². The van der Waals surface area contributed by atoms with E-state index in [1.807, 2.05) is 0 Å². The van der Waals surface area contributed by atoms with Gasteiger partial charge in [0, 0.05) is 6.20 Å². The molecule has 1 heterocycles. The van der Waals surface area contributed by atoms with Crippen molar-refractivity contribution in [3.05, 3.63) is 53.5 Å². The zero-order valence-electron chi connectivity index (χ0n) is 12.4. The van der Waals surface area contributed by atoms with Gasteiger partial charge in [0.15, 0.2) is 0 Å². The van der Waals surface area contributed by atoms with Crippen molar-refractivity contribution in [2.24, 2.45) is 0 Å². The van der Waals surface area contributed by atoms with E-state index in [-0.39, 0.29) is 5.70 Å². The first-order valence-electron chi connectivity index (χ1n) is 6.49. The Hall–Kier alpha value is -2.80. The van der Waals surface area contributed by atoms with Crippen LogP contribution in [0.15, 0.2) is 48.4 Å². The second kappa shape index (κ2) is 7.46. The molecule has 0 radical (unpaired) electrons. The highest BCUT2D eigenvalue weighted by Gasteiger charge is 2.15. The average Bonchev–Trinajstić information content (AvgIpc) is 3.00. The van der Waals surface area contributed by atoms with Crippen LogP contribution in [-0.2, 0) is 19.1 Å². The summed E-state index contributed by atoms with van der Waals surface area (Å²) in [6.07, 6.45) is 4.12. The van der Waals surface area contributed by atoms with Crippen LogP contribution >= 0.6 is 11.6 Å². The van der Waals surface area contributed by atoms with Gasteiger partial charge in [0.05, 0.1) is 42.9 Å². The number of para-hydroxylation sites is 2. The van der Waals surface area contributed by atoms with Gasteiger partial charge in [-0.25, -0.2) is 14.3 Å². The Morgan fingerprint density at radius 2 is 2.00 bits per heavy atom. The largest absolute Gasteiger partial charge is 0.466 e. The van der Waals surface area contributed by atoms with Crippen LogP contribution in [0.5, 0.6) is 0 Å². The second-order valence-corrected chi connectivity index (χ2v) is 4.75. The van der Waals surface area contributed by atoms with Crippen LogP contribution in [0.4, 0.5) is 5.69 Å². The van der Waals surface area contributed by atoms with E-state index in [4.69, 9.17) is 11.6 Å². The zero-order chi connectivity index (χ0) is 16.8. The van der Waals surface area contributed by atoms with E-state index in [1.165, 1.54) is 25.1 Å².